The number of rotatable bonds is 10. The highest BCUT2D eigenvalue weighted by molar-refractivity contribution is 8.76. The number of ether oxygens (including phenoxy) is 2. The number of hydrogen-bond donors (Lipinski definition) is 1. The average molecular weight is 291 g/mol. The molecule has 4 nitrogen and oxygen atoms in total. The third kappa shape index (κ3) is 13.7. The lowest BCUT2D eigenvalue weighted by Gasteiger charge is -2.05. The van der Waals surface area contributed by atoms with Crippen LogP contribution in [0.1, 0.15) is 20.3 Å². The van der Waals surface area contributed by atoms with Gasteiger partial charge in [0.2, 0.25) is 5.91 Å². The van der Waals surface area contributed by atoms with E-state index in [0.29, 0.717) is 25.7 Å². The van der Waals surface area contributed by atoms with Gasteiger partial charge < -0.3 is 14.8 Å². The standard InChI is InChI=1S/C12H21NO3S2/c1-3-5-6-7-13-12(14)10-15-8-9-16-11-18-17-4-2/h3-4,7-11H2,1-2H3,(H,13,14). The highest BCUT2D eigenvalue weighted by atomic mass is 33.1. The first kappa shape index (κ1) is 17.6. The second-order valence-corrected chi connectivity index (χ2v) is 5.79. The summed E-state index contributed by atoms with van der Waals surface area (Å²) in [5.74, 6) is 7.29. The van der Waals surface area contributed by atoms with Crippen molar-refractivity contribution in [2.75, 3.05) is 38.1 Å². The maximum atomic E-state index is 11.2. The SMILES string of the molecule is CCC#CCNC(=O)COCCOCSSCC. The average Bonchev–Trinajstić information content (AvgIpc) is 2.38. The first-order valence-corrected chi connectivity index (χ1v) is 8.42. The molecule has 0 aliphatic rings. The van der Waals surface area contributed by atoms with Crippen molar-refractivity contribution < 1.29 is 14.3 Å². The third-order valence-electron chi connectivity index (χ3n) is 1.61. The Morgan fingerprint density at radius 2 is 1.94 bits per heavy atom. The van der Waals surface area contributed by atoms with Gasteiger partial charge in [0.15, 0.2) is 0 Å². The fourth-order valence-corrected chi connectivity index (χ4v) is 2.20. The normalized spacial score (nSPS) is 9.67. The van der Waals surface area contributed by atoms with Crippen molar-refractivity contribution in [2.24, 2.45) is 0 Å². The molecule has 0 unspecified atom stereocenters. The van der Waals surface area contributed by atoms with E-state index in [4.69, 9.17) is 9.47 Å². The molecule has 0 saturated carbocycles. The number of carbonyl (C=O) groups excluding carboxylic acids is 1. The summed E-state index contributed by atoms with van der Waals surface area (Å²) < 4.78 is 10.5. The Hall–Kier alpha value is -0.350. The zero-order valence-electron chi connectivity index (χ0n) is 11.0. The Kier molecular flexibility index (Phi) is 14.4. The van der Waals surface area contributed by atoms with Crippen molar-refractivity contribution in [3.63, 3.8) is 0 Å². The highest BCUT2D eigenvalue weighted by Gasteiger charge is 1.98. The van der Waals surface area contributed by atoms with Gasteiger partial charge in [-0.25, -0.2) is 0 Å². The van der Waals surface area contributed by atoms with Gasteiger partial charge in [0.05, 0.1) is 19.8 Å². The Balaban J connectivity index is 3.20. The molecule has 1 N–H and O–H groups in total. The Labute approximate surface area is 117 Å². The van der Waals surface area contributed by atoms with E-state index < -0.39 is 0 Å². The lowest BCUT2D eigenvalue weighted by molar-refractivity contribution is -0.125. The molecule has 0 aliphatic heterocycles. The van der Waals surface area contributed by atoms with Crippen molar-refractivity contribution in [1.82, 2.24) is 5.32 Å². The van der Waals surface area contributed by atoms with Crippen LogP contribution < -0.4 is 5.32 Å². The number of hydrogen-bond acceptors (Lipinski definition) is 5. The van der Waals surface area contributed by atoms with Crippen molar-refractivity contribution >= 4 is 27.5 Å². The minimum atomic E-state index is -0.142. The van der Waals surface area contributed by atoms with E-state index in [1.54, 1.807) is 21.6 Å². The molecule has 0 spiro atoms. The number of nitrogens with one attached hydrogen (secondary N) is 1. The molecule has 1 amide bonds. The van der Waals surface area contributed by atoms with Gasteiger partial charge in [-0.05, 0) is 0 Å². The van der Waals surface area contributed by atoms with Crippen LogP contribution in [0.4, 0.5) is 0 Å². The van der Waals surface area contributed by atoms with E-state index in [2.05, 4.69) is 24.1 Å². The van der Waals surface area contributed by atoms with E-state index in [1.807, 2.05) is 6.92 Å². The van der Waals surface area contributed by atoms with E-state index in [1.165, 1.54) is 0 Å². The summed E-state index contributed by atoms with van der Waals surface area (Å²) in [6.45, 7) is 5.47. The lowest BCUT2D eigenvalue weighted by atomic mass is 10.4. The summed E-state index contributed by atoms with van der Waals surface area (Å²) in [7, 11) is 3.44. The third-order valence-corrected chi connectivity index (χ3v) is 3.77. The van der Waals surface area contributed by atoms with Gasteiger partial charge >= 0.3 is 0 Å². The smallest absolute Gasteiger partial charge is 0.246 e. The van der Waals surface area contributed by atoms with E-state index in [0.717, 1.165) is 12.2 Å². The van der Waals surface area contributed by atoms with Crippen LogP contribution in [0.3, 0.4) is 0 Å². The van der Waals surface area contributed by atoms with Crippen LogP contribution in [-0.2, 0) is 14.3 Å². The molecule has 0 aromatic heterocycles. The van der Waals surface area contributed by atoms with Crippen LogP contribution >= 0.6 is 21.6 Å². The molecule has 0 rings (SSSR count). The summed E-state index contributed by atoms with van der Waals surface area (Å²) in [6, 6.07) is 0. The minimum absolute atomic E-state index is 0.0635. The second-order valence-electron chi connectivity index (χ2n) is 3.09. The zero-order chi connectivity index (χ0) is 13.5. The van der Waals surface area contributed by atoms with Gasteiger partial charge in [-0.3, -0.25) is 4.79 Å². The number of amides is 1. The largest absolute Gasteiger partial charge is 0.369 e. The second kappa shape index (κ2) is 14.7. The molecule has 0 aromatic carbocycles. The molecule has 0 saturated heterocycles. The Bertz CT molecular complexity index is 264. The monoisotopic (exact) mass is 291 g/mol. The van der Waals surface area contributed by atoms with Crippen molar-refractivity contribution in [3.05, 3.63) is 0 Å². The molecule has 0 aromatic rings. The molecule has 0 atom stereocenters. The fraction of sp³-hybridized carbons (Fsp3) is 0.750. The molecular weight excluding hydrogens is 270 g/mol. The molecular formula is C12H21NO3S2. The van der Waals surface area contributed by atoms with Crippen LogP contribution in [0, 0.1) is 11.8 Å². The van der Waals surface area contributed by atoms with Gasteiger partial charge in [-0.2, -0.15) is 0 Å². The van der Waals surface area contributed by atoms with Crippen LogP contribution in [0.5, 0.6) is 0 Å². The lowest BCUT2D eigenvalue weighted by Crippen LogP contribution is -2.28. The Morgan fingerprint density at radius 1 is 1.17 bits per heavy atom. The van der Waals surface area contributed by atoms with Gasteiger partial charge in [0, 0.05) is 12.2 Å². The summed E-state index contributed by atoms with van der Waals surface area (Å²) in [6.07, 6.45) is 0.804. The van der Waals surface area contributed by atoms with Crippen LogP contribution in [0.2, 0.25) is 0 Å². The van der Waals surface area contributed by atoms with Crippen LogP contribution in [0.15, 0.2) is 0 Å². The molecule has 18 heavy (non-hydrogen) atoms. The fourth-order valence-electron chi connectivity index (χ4n) is 0.874. The van der Waals surface area contributed by atoms with E-state index >= 15 is 0 Å². The summed E-state index contributed by atoms with van der Waals surface area (Å²) in [4.78, 5) is 11.2. The maximum absolute atomic E-state index is 11.2. The first-order valence-electron chi connectivity index (χ1n) is 5.93. The van der Waals surface area contributed by atoms with Crippen molar-refractivity contribution in [1.29, 1.82) is 0 Å². The maximum Gasteiger partial charge on any atom is 0.246 e. The van der Waals surface area contributed by atoms with Crippen molar-refractivity contribution in [3.8, 4) is 11.8 Å². The van der Waals surface area contributed by atoms with Crippen molar-refractivity contribution in [2.45, 2.75) is 20.3 Å². The van der Waals surface area contributed by atoms with Gasteiger partial charge in [-0.15, -0.1) is 5.92 Å². The van der Waals surface area contributed by atoms with Gasteiger partial charge in [-0.1, -0.05) is 41.4 Å². The molecule has 0 heterocycles. The number of carbonyl (C=O) groups is 1. The van der Waals surface area contributed by atoms with Gasteiger partial charge in [0.1, 0.15) is 12.5 Å². The quantitative estimate of drug-likeness (QED) is 0.288. The minimum Gasteiger partial charge on any atom is -0.369 e. The molecule has 0 aliphatic carbocycles. The summed E-state index contributed by atoms with van der Waals surface area (Å²) in [5.41, 5.74) is 0. The summed E-state index contributed by atoms with van der Waals surface area (Å²) in [5, 5.41) is 2.65. The predicted octanol–water partition coefficient (Wildman–Crippen LogP) is 1.91. The molecule has 0 fully saturated rings. The molecule has 6 heteroatoms. The highest BCUT2D eigenvalue weighted by Crippen LogP contribution is 2.19. The Morgan fingerprint density at radius 3 is 2.67 bits per heavy atom. The topological polar surface area (TPSA) is 47.6 Å². The van der Waals surface area contributed by atoms with Gasteiger partial charge in [0.25, 0.3) is 0 Å². The van der Waals surface area contributed by atoms with Crippen LogP contribution in [-0.4, -0.2) is 44.0 Å². The van der Waals surface area contributed by atoms with E-state index in [9.17, 15) is 4.79 Å². The first-order chi connectivity index (χ1) is 8.81. The van der Waals surface area contributed by atoms with Crippen LogP contribution in [0.25, 0.3) is 0 Å². The molecule has 104 valence electrons. The summed E-state index contributed by atoms with van der Waals surface area (Å²) >= 11 is 0. The van der Waals surface area contributed by atoms with E-state index in [-0.39, 0.29) is 12.5 Å². The molecule has 0 radical (unpaired) electrons. The zero-order valence-corrected chi connectivity index (χ0v) is 12.6. The molecule has 0 bridgehead atoms. The predicted molar refractivity (Wildman–Crippen MR) is 78.4 cm³/mol.